The van der Waals surface area contributed by atoms with Crippen molar-refractivity contribution in [2.45, 2.75) is 24.7 Å². The van der Waals surface area contributed by atoms with E-state index in [1.807, 2.05) is 0 Å². The van der Waals surface area contributed by atoms with Gasteiger partial charge in [-0.25, -0.2) is 9.59 Å². The van der Waals surface area contributed by atoms with Gasteiger partial charge < -0.3 is 14.5 Å². The van der Waals surface area contributed by atoms with E-state index >= 15 is 0 Å². The molecule has 0 radical (unpaired) electrons. The molecule has 1 atom stereocenters. The molecule has 0 aliphatic rings. The number of amides is 1. The molecular weight excluding hydrogens is 429 g/mol. The Hall–Kier alpha value is -3.82. The van der Waals surface area contributed by atoms with E-state index in [4.69, 9.17) is 4.74 Å². The van der Waals surface area contributed by atoms with Crippen molar-refractivity contribution in [2.24, 2.45) is 0 Å². The predicted molar refractivity (Wildman–Crippen MR) is 109 cm³/mol. The number of aromatic nitrogens is 1. The molecule has 3 aromatic rings. The lowest BCUT2D eigenvalue weighted by Gasteiger charge is -2.33. The number of hydrogen-bond donors (Lipinski definition) is 2. The van der Waals surface area contributed by atoms with Gasteiger partial charge in [0.1, 0.15) is 6.61 Å². The van der Waals surface area contributed by atoms with Crippen molar-refractivity contribution in [1.82, 2.24) is 10.3 Å². The summed E-state index contributed by atoms with van der Waals surface area (Å²) in [5, 5.41) is 2.26. The largest absolute Gasteiger partial charge is 0.467 e. The van der Waals surface area contributed by atoms with Gasteiger partial charge in [-0.1, -0.05) is 48.5 Å². The molecule has 1 unspecified atom stereocenters. The van der Waals surface area contributed by atoms with Gasteiger partial charge in [-0.05, 0) is 23.1 Å². The summed E-state index contributed by atoms with van der Waals surface area (Å²) in [6.07, 6.45) is -7.85. The average molecular weight is 448 g/mol. The molecule has 3 rings (SSSR count). The second kappa shape index (κ2) is 9.13. The molecule has 0 saturated heterocycles. The maximum Gasteiger partial charge on any atom is 0.422 e. The van der Waals surface area contributed by atoms with Crippen molar-refractivity contribution in [2.75, 3.05) is 7.11 Å². The molecule has 0 spiro atoms. The van der Waals surface area contributed by atoms with E-state index in [2.05, 4.69) is 9.72 Å². The van der Waals surface area contributed by atoms with E-state index in [0.717, 1.165) is 7.11 Å². The number of hydrogen-bond acceptors (Lipinski definition) is 5. The molecule has 1 heterocycles. The maximum atomic E-state index is 14.2. The summed E-state index contributed by atoms with van der Waals surface area (Å²) in [7, 11) is 0.767. The number of alkyl halides is 3. The second-order valence-electron chi connectivity index (χ2n) is 6.97. The highest BCUT2D eigenvalue weighted by molar-refractivity contribution is 5.87. The molecule has 0 aliphatic heterocycles. The van der Waals surface area contributed by atoms with E-state index in [1.54, 1.807) is 53.8 Å². The van der Waals surface area contributed by atoms with Crippen molar-refractivity contribution in [3.63, 3.8) is 0 Å². The molecule has 0 bridgehead atoms. The molecule has 2 N–H and O–H groups in total. The number of rotatable bonds is 6. The molecule has 168 valence electrons. The summed E-state index contributed by atoms with van der Waals surface area (Å²) in [5.74, 6) is -1.75. The molecule has 10 heteroatoms. The SMILES string of the molecule is COC(=O)C(Cc1cc2ccccc2c(=O)[nH]1)(NC(=O)OCc1ccccc1)C(F)(F)F. The number of H-pyrrole nitrogens is 1. The van der Waals surface area contributed by atoms with Crippen LogP contribution >= 0.6 is 0 Å². The van der Waals surface area contributed by atoms with Crippen LogP contribution in [0.3, 0.4) is 0 Å². The van der Waals surface area contributed by atoms with Crippen molar-refractivity contribution in [3.05, 3.63) is 82.3 Å². The zero-order valence-electron chi connectivity index (χ0n) is 16.9. The first-order valence-electron chi connectivity index (χ1n) is 9.41. The standard InChI is InChI=1S/C22H19F3N2O5/c1-31-19(29)21(22(23,24)25,27-20(30)32-13-14-7-3-2-4-8-14)12-16-11-15-9-5-6-10-17(15)18(28)26-16/h2-11H,12-13H2,1H3,(H,26,28)(H,27,30). The van der Waals surface area contributed by atoms with Crippen molar-refractivity contribution < 1.29 is 32.2 Å². The van der Waals surface area contributed by atoms with Crippen LogP contribution in [0.2, 0.25) is 0 Å². The molecule has 1 amide bonds. The molecule has 7 nitrogen and oxygen atoms in total. The van der Waals surface area contributed by atoms with Gasteiger partial charge in [0.05, 0.1) is 7.11 Å². The number of nitrogens with one attached hydrogen (secondary N) is 2. The number of pyridine rings is 1. The highest BCUT2D eigenvalue weighted by Crippen LogP contribution is 2.35. The van der Waals surface area contributed by atoms with Crippen LogP contribution in [0.1, 0.15) is 11.3 Å². The predicted octanol–water partition coefficient (Wildman–Crippen LogP) is 3.47. The fourth-order valence-electron chi connectivity index (χ4n) is 3.21. The normalized spacial score (nSPS) is 13.2. The number of benzene rings is 2. The van der Waals surface area contributed by atoms with Gasteiger partial charge in [-0.2, -0.15) is 13.2 Å². The van der Waals surface area contributed by atoms with Gasteiger partial charge in [0.2, 0.25) is 5.54 Å². The van der Waals surface area contributed by atoms with Crippen LogP contribution in [0.4, 0.5) is 18.0 Å². The van der Waals surface area contributed by atoms with Crippen molar-refractivity contribution in [1.29, 1.82) is 0 Å². The summed E-state index contributed by atoms with van der Waals surface area (Å²) < 4.78 is 51.8. The molecule has 0 saturated carbocycles. The Morgan fingerprint density at radius 1 is 1.03 bits per heavy atom. The summed E-state index contributed by atoms with van der Waals surface area (Å²) in [6, 6.07) is 15.9. The van der Waals surface area contributed by atoms with E-state index in [-0.39, 0.29) is 17.7 Å². The molecule has 2 aromatic carbocycles. The van der Waals surface area contributed by atoms with Gasteiger partial charge in [-0.3, -0.25) is 10.1 Å². The number of carbonyl (C=O) groups is 2. The van der Waals surface area contributed by atoms with Crippen LogP contribution in [-0.4, -0.2) is 35.9 Å². The first kappa shape index (κ1) is 22.9. The fraction of sp³-hybridized carbons (Fsp3) is 0.227. The van der Waals surface area contributed by atoms with Crippen molar-refractivity contribution in [3.8, 4) is 0 Å². The fourth-order valence-corrected chi connectivity index (χ4v) is 3.21. The van der Waals surface area contributed by atoms with E-state index in [1.165, 1.54) is 12.1 Å². The van der Waals surface area contributed by atoms with Gasteiger partial charge in [-0.15, -0.1) is 0 Å². The Morgan fingerprint density at radius 2 is 1.69 bits per heavy atom. The van der Waals surface area contributed by atoms with Crippen LogP contribution in [0.5, 0.6) is 0 Å². The summed E-state index contributed by atoms with van der Waals surface area (Å²) in [6.45, 7) is -0.311. The van der Waals surface area contributed by atoms with Gasteiger partial charge in [0, 0.05) is 17.5 Å². The van der Waals surface area contributed by atoms with Gasteiger partial charge in [0.25, 0.3) is 5.56 Å². The Kier molecular flexibility index (Phi) is 6.52. The molecular formula is C22H19F3N2O5. The molecule has 1 aromatic heterocycles. The topological polar surface area (TPSA) is 97.5 Å². The summed E-state index contributed by atoms with van der Waals surface area (Å²) in [4.78, 5) is 39.2. The van der Waals surface area contributed by atoms with Crippen LogP contribution in [0.15, 0.2) is 65.5 Å². The monoisotopic (exact) mass is 448 g/mol. The highest BCUT2D eigenvalue weighted by Gasteiger charge is 2.63. The maximum absolute atomic E-state index is 14.2. The van der Waals surface area contributed by atoms with E-state index in [0.29, 0.717) is 10.9 Å². The quantitative estimate of drug-likeness (QED) is 0.563. The summed E-state index contributed by atoms with van der Waals surface area (Å²) >= 11 is 0. The lowest BCUT2D eigenvalue weighted by molar-refractivity contribution is -0.210. The number of fused-ring (bicyclic) bond motifs is 1. The Morgan fingerprint density at radius 3 is 2.34 bits per heavy atom. The molecule has 0 fully saturated rings. The number of halogens is 3. The number of methoxy groups -OCH3 is 1. The minimum atomic E-state index is -5.27. The Bertz CT molecular complexity index is 1180. The first-order valence-corrected chi connectivity index (χ1v) is 9.41. The third-order valence-corrected chi connectivity index (χ3v) is 4.81. The van der Waals surface area contributed by atoms with Crippen LogP contribution in [0.25, 0.3) is 10.8 Å². The first-order chi connectivity index (χ1) is 15.2. The third kappa shape index (κ3) is 4.74. The van der Waals surface area contributed by atoms with Crippen molar-refractivity contribution >= 4 is 22.8 Å². The van der Waals surface area contributed by atoms with Crippen LogP contribution in [0, 0.1) is 0 Å². The second-order valence-corrected chi connectivity index (χ2v) is 6.97. The Labute approximate surface area is 180 Å². The highest BCUT2D eigenvalue weighted by atomic mass is 19.4. The minimum absolute atomic E-state index is 0.222. The summed E-state index contributed by atoms with van der Waals surface area (Å²) in [5.41, 5.74) is -3.80. The smallest absolute Gasteiger partial charge is 0.422 e. The average Bonchev–Trinajstić information content (AvgIpc) is 2.76. The van der Waals surface area contributed by atoms with Crippen LogP contribution in [-0.2, 0) is 27.3 Å². The lowest BCUT2D eigenvalue weighted by Crippen LogP contribution is -2.66. The number of ether oxygens (including phenoxy) is 2. The minimum Gasteiger partial charge on any atom is -0.467 e. The van der Waals surface area contributed by atoms with Gasteiger partial charge in [0.15, 0.2) is 0 Å². The van der Waals surface area contributed by atoms with E-state index in [9.17, 15) is 27.6 Å². The zero-order valence-corrected chi connectivity index (χ0v) is 16.9. The third-order valence-electron chi connectivity index (χ3n) is 4.81. The molecule has 0 aliphatic carbocycles. The molecule has 32 heavy (non-hydrogen) atoms. The van der Waals surface area contributed by atoms with Gasteiger partial charge >= 0.3 is 18.2 Å². The van der Waals surface area contributed by atoms with Crippen LogP contribution < -0.4 is 10.9 Å². The Balaban J connectivity index is 1.95. The lowest BCUT2D eigenvalue weighted by atomic mass is 9.91. The number of alkyl carbamates (subject to hydrolysis) is 1. The van der Waals surface area contributed by atoms with E-state index < -0.39 is 35.8 Å². The number of aromatic amines is 1. The number of carbonyl (C=O) groups excluding carboxylic acids is 2. The zero-order chi connectivity index (χ0) is 23.4. The number of esters is 1.